The van der Waals surface area contributed by atoms with E-state index in [-0.39, 0.29) is 0 Å². The van der Waals surface area contributed by atoms with Crippen molar-refractivity contribution >= 4 is 86.6 Å². The minimum Gasteiger partial charge on any atom is -0.456 e. The molecule has 0 N–H and O–H groups in total. The van der Waals surface area contributed by atoms with Gasteiger partial charge in [-0.3, -0.25) is 0 Å². The minimum atomic E-state index is 0.913. The molecule has 49 heavy (non-hydrogen) atoms. The van der Waals surface area contributed by atoms with Gasteiger partial charge in [0.15, 0.2) is 0 Å². The summed E-state index contributed by atoms with van der Waals surface area (Å²) in [4.78, 5) is 0. The first-order chi connectivity index (χ1) is 24.3. The quantitative estimate of drug-likeness (QED) is 0.138. The molecule has 0 aliphatic carbocycles. The van der Waals surface area contributed by atoms with Crippen molar-refractivity contribution in [2.24, 2.45) is 0 Å². The fraction of sp³-hybridized carbons (Fsp3) is 0. The zero-order valence-corrected chi connectivity index (χ0v) is 26.6. The summed E-state index contributed by atoms with van der Waals surface area (Å²) in [6, 6.07) is 62.2. The monoisotopic (exact) mass is 620 g/mol. The summed E-state index contributed by atoms with van der Waals surface area (Å²) in [5.74, 6) is 0. The molecule has 0 fully saturated rings. The van der Waals surface area contributed by atoms with E-state index in [1.165, 1.54) is 92.3 Å². The van der Waals surface area contributed by atoms with Crippen LogP contribution in [0, 0.1) is 0 Å². The van der Waals surface area contributed by atoms with Crippen molar-refractivity contribution in [2.75, 3.05) is 0 Å². The lowest BCUT2D eigenvalue weighted by atomic mass is 9.84. The lowest BCUT2D eigenvalue weighted by Gasteiger charge is -2.19. The molecule has 0 spiro atoms. The molecule has 0 saturated heterocycles. The number of benzene rings is 10. The summed E-state index contributed by atoms with van der Waals surface area (Å²) in [6.07, 6.45) is 0. The van der Waals surface area contributed by atoms with Gasteiger partial charge in [-0.1, -0.05) is 140 Å². The van der Waals surface area contributed by atoms with Crippen LogP contribution in [0.2, 0.25) is 0 Å². The Balaban J connectivity index is 1.22. The molecule has 0 radical (unpaired) electrons. The van der Waals surface area contributed by atoms with Gasteiger partial charge in [0.1, 0.15) is 11.2 Å². The van der Waals surface area contributed by atoms with Gasteiger partial charge in [-0.15, -0.1) is 0 Å². The molecule has 1 aromatic heterocycles. The molecule has 1 nitrogen and oxygen atoms in total. The van der Waals surface area contributed by atoms with E-state index in [0.29, 0.717) is 0 Å². The second-order valence-corrected chi connectivity index (χ2v) is 13.2. The molecular weight excluding hydrogens is 593 g/mol. The minimum absolute atomic E-state index is 0.913. The van der Waals surface area contributed by atoms with Crippen LogP contribution in [0.5, 0.6) is 0 Å². The second-order valence-electron chi connectivity index (χ2n) is 13.2. The van der Waals surface area contributed by atoms with E-state index in [2.05, 4.69) is 170 Å². The molecule has 0 atom stereocenters. The number of rotatable bonds is 2. The van der Waals surface area contributed by atoms with Crippen LogP contribution in [0.3, 0.4) is 0 Å². The van der Waals surface area contributed by atoms with Gasteiger partial charge in [0, 0.05) is 10.8 Å². The average Bonchev–Trinajstić information content (AvgIpc) is 3.54. The first kappa shape index (κ1) is 26.6. The largest absolute Gasteiger partial charge is 0.456 e. The van der Waals surface area contributed by atoms with E-state index < -0.39 is 0 Å². The Morgan fingerprint density at radius 3 is 1.63 bits per heavy atom. The molecular formula is C48H28O. The van der Waals surface area contributed by atoms with Crippen molar-refractivity contribution in [1.82, 2.24) is 0 Å². The maximum Gasteiger partial charge on any atom is 0.136 e. The van der Waals surface area contributed by atoms with Gasteiger partial charge in [-0.2, -0.15) is 0 Å². The molecule has 0 unspecified atom stereocenters. The smallest absolute Gasteiger partial charge is 0.136 e. The Hall–Kier alpha value is -6.44. The summed E-state index contributed by atoms with van der Waals surface area (Å²) < 4.78 is 6.40. The first-order valence-corrected chi connectivity index (χ1v) is 16.9. The highest BCUT2D eigenvalue weighted by Crippen LogP contribution is 2.47. The highest BCUT2D eigenvalue weighted by Gasteiger charge is 2.20. The lowest BCUT2D eigenvalue weighted by Crippen LogP contribution is -1.92. The third kappa shape index (κ3) is 3.82. The van der Waals surface area contributed by atoms with E-state index in [1.54, 1.807) is 0 Å². The van der Waals surface area contributed by atoms with Crippen LogP contribution in [0.4, 0.5) is 0 Å². The summed E-state index contributed by atoms with van der Waals surface area (Å²) >= 11 is 0. The Bertz CT molecular complexity index is 3100. The van der Waals surface area contributed by atoms with Crippen LogP contribution in [0.15, 0.2) is 174 Å². The summed E-state index contributed by atoms with van der Waals surface area (Å²) in [5, 5.41) is 17.4. The maximum atomic E-state index is 6.40. The van der Waals surface area contributed by atoms with E-state index in [4.69, 9.17) is 4.42 Å². The summed E-state index contributed by atoms with van der Waals surface area (Å²) in [5.41, 5.74) is 6.82. The predicted molar refractivity (Wildman–Crippen MR) is 210 cm³/mol. The maximum absolute atomic E-state index is 6.40. The van der Waals surface area contributed by atoms with Gasteiger partial charge in [0.25, 0.3) is 0 Å². The molecule has 0 aliphatic heterocycles. The van der Waals surface area contributed by atoms with Gasteiger partial charge in [-0.25, -0.2) is 0 Å². The molecule has 0 amide bonds. The Labute approximate surface area is 282 Å². The molecule has 10 aromatic carbocycles. The van der Waals surface area contributed by atoms with Crippen LogP contribution >= 0.6 is 0 Å². The van der Waals surface area contributed by atoms with Crippen molar-refractivity contribution < 1.29 is 4.42 Å². The first-order valence-electron chi connectivity index (χ1n) is 16.9. The van der Waals surface area contributed by atoms with Gasteiger partial charge >= 0.3 is 0 Å². The van der Waals surface area contributed by atoms with Crippen LogP contribution < -0.4 is 0 Å². The molecule has 0 aliphatic rings. The standard InChI is InChI=1S/C48H28O/c1-2-12-31-27-42-32(26-30(31)11-1)20-23-36-35(42)18-9-19-37(36)47-40-16-7-5-14-38(40)46(39-15-6-8-17-41(39)47)33-22-24-44-43(28-33)48-34-13-4-3-10-29(34)21-25-45(48)49-44/h1-28H. The molecule has 11 aromatic rings. The number of hydrogen-bond donors (Lipinski definition) is 0. The Morgan fingerprint density at radius 2 is 0.878 bits per heavy atom. The van der Waals surface area contributed by atoms with Crippen molar-refractivity contribution in [3.8, 4) is 22.3 Å². The molecule has 11 rings (SSSR count). The third-order valence-electron chi connectivity index (χ3n) is 10.6. The van der Waals surface area contributed by atoms with Gasteiger partial charge < -0.3 is 4.42 Å². The van der Waals surface area contributed by atoms with E-state index >= 15 is 0 Å². The average molecular weight is 621 g/mol. The second kappa shape index (κ2) is 10.0. The van der Waals surface area contributed by atoms with E-state index in [1.807, 2.05) is 0 Å². The summed E-state index contributed by atoms with van der Waals surface area (Å²) in [7, 11) is 0. The molecule has 226 valence electrons. The highest BCUT2D eigenvalue weighted by molar-refractivity contribution is 6.26. The molecule has 0 bridgehead atoms. The SMILES string of the molecule is c1ccc2cc3c(ccc4c(-c5c6ccccc6c(-c6ccc7oc8ccc9ccccc9c8c7c6)c6ccccc56)cccc43)cc2c1. The predicted octanol–water partition coefficient (Wildman–Crippen LogP) is 13.8. The Kier molecular flexibility index (Phi) is 5.45. The fourth-order valence-corrected chi connectivity index (χ4v) is 8.43. The lowest BCUT2D eigenvalue weighted by molar-refractivity contribution is 0.669. The number of fused-ring (bicyclic) bond motifs is 11. The van der Waals surface area contributed by atoms with Crippen molar-refractivity contribution in [2.45, 2.75) is 0 Å². The fourth-order valence-electron chi connectivity index (χ4n) is 8.43. The van der Waals surface area contributed by atoms with Gasteiger partial charge in [-0.05, 0) is 117 Å². The zero-order chi connectivity index (χ0) is 32.1. The number of furan rings is 1. The summed E-state index contributed by atoms with van der Waals surface area (Å²) in [6.45, 7) is 0. The Morgan fingerprint density at radius 1 is 0.286 bits per heavy atom. The zero-order valence-electron chi connectivity index (χ0n) is 26.6. The van der Waals surface area contributed by atoms with Crippen molar-refractivity contribution in [1.29, 1.82) is 0 Å². The normalized spacial score (nSPS) is 12.1. The third-order valence-corrected chi connectivity index (χ3v) is 10.6. The number of hydrogen-bond acceptors (Lipinski definition) is 1. The van der Waals surface area contributed by atoms with Crippen LogP contribution in [-0.2, 0) is 0 Å². The van der Waals surface area contributed by atoms with Gasteiger partial charge in [0.05, 0.1) is 0 Å². The molecule has 1 heteroatoms. The van der Waals surface area contributed by atoms with E-state index in [9.17, 15) is 0 Å². The molecule has 1 heterocycles. The topological polar surface area (TPSA) is 13.1 Å². The van der Waals surface area contributed by atoms with Crippen molar-refractivity contribution in [3.63, 3.8) is 0 Å². The van der Waals surface area contributed by atoms with Crippen LogP contribution in [-0.4, -0.2) is 0 Å². The van der Waals surface area contributed by atoms with Crippen LogP contribution in [0.1, 0.15) is 0 Å². The van der Waals surface area contributed by atoms with E-state index in [0.717, 1.165) is 16.6 Å². The van der Waals surface area contributed by atoms with Gasteiger partial charge in [0.2, 0.25) is 0 Å². The van der Waals surface area contributed by atoms with Crippen LogP contribution in [0.25, 0.3) is 109 Å². The van der Waals surface area contributed by atoms with Crippen molar-refractivity contribution in [3.05, 3.63) is 170 Å². The highest BCUT2D eigenvalue weighted by atomic mass is 16.3. The molecule has 0 saturated carbocycles.